The number of hydrogen-bond donors (Lipinski definition) is 4. The molecule has 8 heteroatoms. The molecule has 194 valence electrons. The average Bonchev–Trinajstić information content (AvgIpc) is 3.26. The lowest BCUT2D eigenvalue weighted by Crippen LogP contribution is -2.47. The second-order valence-corrected chi connectivity index (χ2v) is 11.2. The zero-order valence-corrected chi connectivity index (χ0v) is 22.6. The molecular weight excluding hydrogens is 462 g/mol. The highest BCUT2D eigenvalue weighted by molar-refractivity contribution is 7.09. The topological polar surface area (TPSA) is 126 Å². The third-order valence-corrected chi connectivity index (χ3v) is 7.81. The molecule has 1 aliphatic heterocycles. The predicted octanol–water partition coefficient (Wildman–Crippen LogP) is 3.77. The summed E-state index contributed by atoms with van der Waals surface area (Å²) in [6.07, 6.45) is 6.96. The summed E-state index contributed by atoms with van der Waals surface area (Å²) in [4.78, 5) is 30.6. The van der Waals surface area contributed by atoms with Crippen LogP contribution in [0.15, 0.2) is 34.8 Å². The Bertz CT molecular complexity index is 979. The van der Waals surface area contributed by atoms with Crippen molar-refractivity contribution in [2.24, 2.45) is 23.0 Å². The van der Waals surface area contributed by atoms with Crippen LogP contribution in [0.25, 0.3) is 6.08 Å². The highest BCUT2D eigenvalue weighted by Gasteiger charge is 2.42. The molecule has 2 rings (SSSR count). The molecule has 1 aliphatic rings. The number of hydrogen-bond acceptors (Lipinski definition) is 7. The molecule has 0 fully saturated rings. The molecule has 0 spiro atoms. The molecule has 0 aromatic carbocycles. The molecule has 0 bridgehead atoms. The molecular formula is C27H41N3O4S. The Balaban J connectivity index is 2.37. The predicted molar refractivity (Wildman–Crippen MR) is 141 cm³/mol. The Labute approximate surface area is 213 Å². The first-order chi connectivity index (χ1) is 16.4. The number of ketones is 1. The van der Waals surface area contributed by atoms with E-state index in [1.165, 1.54) is 11.3 Å². The quantitative estimate of drug-likeness (QED) is 0.498. The highest BCUT2D eigenvalue weighted by Crippen LogP contribution is 2.31. The first kappa shape index (κ1) is 29.1. The lowest BCUT2D eigenvalue weighted by molar-refractivity contribution is -0.143. The van der Waals surface area contributed by atoms with Gasteiger partial charge in [0.1, 0.15) is 10.8 Å². The molecule has 0 radical (unpaired) electrons. The molecule has 2 heterocycles. The summed E-state index contributed by atoms with van der Waals surface area (Å²) in [6.45, 7) is 11.2. The fourth-order valence-corrected chi connectivity index (χ4v) is 4.87. The first-order valence-corrected chi connectivity index (χ1v) is 13.1. The van der Waals surface area contributed by atoms with Crippen LogP contribution in [0.1, 0.15) is 71.5 Å². The summed E-state index contributed by atoms with van der Waals surface area (Å²) in [6, 6.07) is -0.299. The number of carbonyl (C=O) groups excluding carboxylic acids is 2. The maximum atomic E-state index is 13.2. The van der Waals surface area contributed by atoms with Crippen molar-refractivity contribution in [2.75, 3.05) is 0 Å². The van der Waals surface area contributed by atoms with Crippen LogP contribution in [0.4, 0.5) is 0 Å². The highest BCUT2D eigenvalue weighted by atomic mass is 32.1. The summed E-state index contributed by atoms with van der Waals surface area (Å²) in [5.41, 5.74) is 7.26. The Hall–Kier alpha value is -2.13. The van der Waals surface area contributed by atoms with Gasteiger partial charge in [-0.05, 0) is 44.3 Å². The van der Waals surface area contributed by atoms with E-state index in [4.69, 9.17) is 5.73 Å². The number of Topliss-reactive ketones (excluding diaryl/α,β-unsaturated/α-hetero) is 1. The lowest BCUT2D eigenvalue weighted by Gasteiger charge is -2.34. The number of aliphatic hydroxyl groups is 2. The molecule has 7 nitrogen and oxygen atoms in total. The molecule has 1 unspecified atom stereocenters. The molecule has 5 atom stereocenters. The van der Waals surface area contributed by atoms with Crippen LogP contribution in [0.2, 0.25) is 0 Å². The normalized spacial score (nSPS) is 29.6. The zero-order chi connectivity index (χ0) is 26.3. The largest absolute Gasteiger partial charge is 0.392 e. The van der Waals surface area contributed by atoms with Crippen molar-refractivity contribution in [3.63, 3.8) is 0 Å². The van der Waals surface area contributed by atoms with E-state index in [2.05, 4.69) is 16.4 Å². The van der Waals surface area contributed by atoms with Crippen molar-refractivity contribution in [1.82, 2.24) is 10.3 Å². The van der Waals surface area contributed by atoms with Gasteiger partial charge in [0.25, 0.3) is 0 Å². The van der Waals surface area contributed by atoms with Crippen molar-refractivity contribution in [3.8, 4) is 0 Å². The van der Waals surface area contributed by atoms with Crippen molar-refractivity contribution >= 4 is 29.1 Å². The van der Waals surface area contributed by atoms with E-state index >= 15 is 0 Å². The summed E-state index contributed by atoms with van der Waals surface area (Å²) in [5, 5.41) is 27.4. The standard InChI is InChI=1S/C27H41N3O4S/c1-16-8-7-9-17(2)25(33)19(4)26(34)27(5,6)22(31)13-23(32)30-21(11-10-16)18(3)12-20-15-35-24(14-28)29-20/h7-8,10,12,15,17,19,21-22,25,31,33H,9,11,13-14,28H2,1-6H3,(H,30,32)/b8-7?,16-10?,18-12+/t17-,19+,21-,22-,25?/m0/s1. The van der Waals surface area contributed by atoms with Crippen LogP contribution < -0.4 is 11.1 Å². The number of amides is 1. The zero-order valence-electron chi connectivity index (χ0n) is 21.7. The third-order valence-electron chi connectivity index (χ3n) is 6.92. The number of aliphatic hydroxyl groups excluding tert-OH is 2. The fourth-order valence-electron chi connectivity index (χ4n) is 4.24. The van der Waals surface area contributed by atoms with Gasteiger partial charge in [-0.2, -0.15) is 0 Å². The smallest absolute Gasteiger partial charge is 0.223 e. The van der Waals surface area contributed by atoms with Crippen molar-refractivity contribution in [3.05, 3.63) is 45.5 Å². The number of rotatable bonds is 3. The summed E-state index contributed by atoms with van der Waals surface area (Å²) >= 11 is 1.49. The summed E-state index contributed by atoms with van der Waals surface area (Å²) in [7, 11) is 0. The van der Waals surface area contributed by atoms with Gasteiger partial charge in [-0.25, -0.2) is 4.98 Å². The Morgan fingerprint density at radius 3 is 2.60 bits per heavy atom. The first-order valence-electron chi connectivity index (χ1n) is 12.2. The average molecular weight is 504 g/mol. The maximum Gasteiger partial charge on any atom is 0.223 e. The minimum Gasteiger partial charge on any atom is -0.392 e. The van der Waals surface area contributed by atoms with E-state index in [9.17, 15) is 19.8 Å². The Morgan fingerprint density at radius 2 is 1.97 bits per heavy atom. The molecule has 0 saturated heterocycles. The van der Waals surface area contributed by atoms with Crippen molar-refractivity contribution in [1.29, 1.82) is 0 Å². The van der Waals surface area contributed by atoms with Gasteiger partial charge >= 0.3 is 0 Å². The SMILES string of the molecule is CC1=CC[C@@H](/C(C)=C/c2csc(CN)n2)NC(=O)C[C@H](O)C(C)(C)C(=O)[C@H](C)C(O)[C@@H](C)CC=C1. The summed E-state index contributed by atoms with van der Waals surface area (Å²) in [5.74, 6) is -1.38. The van der Waals surface area contributed by atoms with Crippen molar-refractivity contribution < 1.29 is 19.8 Å². The van der Waals surface area contributed by atoms with E-state index in [0.29, 0.717) is 19.4 Å². The number of nitrogens with two attached hydrogens (primary N) is 1. The number of aromatic nitrogens is 1. The van der Waals surface area contributed by atoms with Crippen LogP contribution in [0.3, 0.4) is 0 Å². The number of carbonyl (C=O) groups is 2. The van der Waals surface area contributed by atoms with Gasteiger partial charge in [0.15, 0.2) is 0 Å². The molecule has 0 saturated carbocycles. The van der Waals surface area contributed by atoms with E-state index in [-0.39, 0.29) is 30.1 Å². The van der Waals surface area contributed by atoms with E-state index in [1.54, 1.807) is 20.8 Å². The summed E-state index contributed by atoms with van der Waals surface area (Å²) < 4.78 is 0. The van der Waals surface area contributed by atoms with Crippen LogP contribution in [0, 0.1) is 17.3 Å². The van der Waals surface area contributed by atoms with Gasteiger partial charge in [-0.15, -0.1) is 11.3 Å². The van der Waals surface area contributed by atoms with Gasteiger partial charge in [0, 0.05) is 17.8 Å². The Morgan fingerprint density at radius 1 is 1.29 bits per heavy atom. The maximum absolute atomic E-state index is 13.2. The molecule has 1 aromatic heterocycles. The van der Waals surface area contributed by atoms with E-state index < -0.39 is 23.5 Å². The van der Waals surface area contributed by atoms with Gasteiger partial charge < -0.3 is 21.3 Å². The number of nitrogens with zero attached hydrogens (tertiary/aromatic N) is 1. The van der Waals surface area contributed by atoms with Gasteiger partial charge in [-0.3, -0.25) is 9.59 Å². The molecule has 0 aliphatic carbocycles. The van der Waals surface area contributed by atoms with Crippen molar-refractivity contribution in [2.45, 2.75) is 85.6 Å². The van der Waals surface area contributed by atoms with Crippen LogP contribution in [-0.2, 0) is 16.1 Å². The number of nitrogens with one attached hydrogen (secondary N) is 1. The second kappa shape index (κ2) is 12.7. The molecule has 5 N–H and O–H groups in total. The minimum absolute atomic E-state index is 0.128. The van der Waals surface area contributed by atoms with Crippen LogP contribution in [0.5, 0.6) is 0 Å². The van der Waals surface area contributed by atoms with Gasteiger partial charge in [-0.1, -0.05) is 51.5 Å². The number of thiazole rings is 1. The van der Waals surface area contributed by atoms with Crippen LogP contribution >= 0.6 is 11.3 Å². The fraction of sp³-hybridized carbons (Fsp3) is 0.593. The Kier molecular flexibility index (Phi) is 10.6. The minimum atomic E-state index is -1.18. The lowest BCUT2D eigenvalue weighted by atomic mass is 9.73. The van der Waals surface area contributed by atoms with Crippen LogP contribution in [-0.4, -0.2) is 45.1 Å². The third kappa shape index (κ3) is 7.93. The number of allylic oxidation sites excluding steroid dienone is 3. The van der Waals surface area contributed by atoms with Gasteiger partial charge in [0.05, 0.1) is 35.8 Å². The van der Waals surface area contributed by atoms with Gasteiger partial charge in [0.2, 0.25) is 5.91 Å². The molecule has 35 heavy (non-hydrogen) atoms. The van der Waals surface area contributed by atoms with E-state index in [0.717, 1.165) is 21.8 Å². The molecule has 1 aromatic rings. The second-order valence-electron chi connectivity index (χ2n) is 10.3. The molecule has 1 amide bonds. The monoisotopic (exact) mass is 503 g/mol. The van der Waals surface area contributed by atoms with E-state index in [1.807, 2.05) is 44.4 Å².